The highest BCUT2D eigenvalue weighted by Gasteiger charge is 2.41. The highest BCUT2D eigenvalue weighted by atomic mass is 16.5. The number of amides is 1. The van der Waals surface area contributed by atoms with Crippen molar-refractivity contribution >= 4 is 5.91 Å². The van der Waals surface area contributed by atoms with Crippen molar-refractivity contribution < 1.29 is 9.53 Å². The fourth-order valence-electron chi connectivity index (χ4n) is 2.81. The van der Waals surface area contributed by atoms with Crippen LogP contribution >= 0.6 is 0 Å². The van der Waals surface area contributed by atoms with Crippen LogP contribution in [0.5, 0.6) is 0 Å². The number of nitrogens with one attached hydrogen (secondary N) is 1. The van der Waals surface area contributed by atoms with E-state index < -0.39 is 0 Å². The van der Waals surface area contributed by atoms with Gasteiger partial charge >= 0.3 is 0 Å². The van der Waals surface area contributed by atoms with Gasteiger partial charge in [0, 0.05) is 20.3 Å². The van der Waals surface area contributed by atoms with Crippen LogP contribution in [-0.2, 0) is 9.53 Å². The Hall–Kier alpha value is -0.610. The Morgan fingerprint density at radius 3 is 2.50 bits per heavy atom. The zero-order valence-electron chi connectivity index (χ0n) is 13.8. The summed E-state index contributed by atoms with van der Waals surface area (Å²) in [5, 5.41) is 3.54. The van der Waals surface area contributed by atoms with Gasteiger partial charge in [-0.05, 0) is 31.1 Å². The third-order valence-corrected chi connectivity index (χ3v) is 4.33. The number of unbranched alkanes of at least 4 members (excludes halogenated alkanes) is 2. The van der Waals surface area contributed by atoms with E-state index in [2.05, 4.69) is 37.9 Å². The lowest BCUT2D eigenvalue weighted by atomic mass is 9.99. The van der Waals surface area contributed by atoms with Crippen LogP contribution in [0.1, 0.15) is 53.4 Å². The standard InChI is InChI=1S/C16H32N2O2/c1-6-13(4)14-16(19)18(15(17-14)12(2)3)10-8-7-9-11-20-5/h12-15,17H,6-11H2,1-5H3. The second kappa shape index (κ2) is 8.63. The first-order valence-corrected chi connectivity index (χ1v) is 8.08. The summed E-state index contributed by atoms with van der Waals surface area (Å²) in [4.78, 5) is 14.6. The molecular formula is C16H32N2O2. The fraction of sp³-hybridized carbons (Fsp3) is 0.938. The molecule has 4 nitrogen and oxygen atoms in total. The van der Waals surface area contributed by atoms with Crippen molar-refractivity contribution in [2.45, 2.75) is 65.6 Å². The molecule has 0 spiro atoms. The molecule has 118 valence electrons. The first kappa shape index (κ1) is 17.4. The van der Waals surface area contributed by atoms with Crippen molar-refractivity contribution in [2.24, 2.45) is 11.8 Å². The Labute approximate surface area is 124 Å². The molecule has 0 saturated carbocycles. The highest BCUT2D eigenvalue weighted by molar-refractivity contribution is 5.84. The molecule has 1 aliphatic rings. The summed E-state index contributed by atoms with van der Waals surface area (Å²) in [6.45, 7) is 10.4. The largest absolute Gasteiger partial charge is 0.385 e. The van der Waals surface area contributed by atoms with E-state index in [1.807, 2.05) is 0 Å². The van der Waals surface area contributed by atoms with E-state index >= 15 is 0 Å². The number of carbonyl (C=O) groups is 1. The summed E-state index contributed by atoms with van der Waals surface area (Å²) >= 11 is 0. The second-order valence-electron chi connectivity index (χ2n) is 6.30. The van der Waals surface area contributed by atoms with Gasteiger partial charge in [-0.15, -0.1) is 0 Å². The van der Waals surface area contributed by atoms with Crippen LogP contribution in [0.15, 0.2) is 0 Å². The van der Waals surface area contributed by atoms with Crippen molar-refractivity contribution in [1.29, 1.82) is 0 Å². The maximum atomic E-state index is 12.6. The van der Waals surface area contributed by atoms with Crippen LogP contribution in [0, 0.1) is 11.8 Å². The van der Waals surface area contributed by atoms with Gasteiger partial charge in [0.2, 0.25) is 5.91 Å². The van der Waals surface area contributed by atoms with Gasteiger partial charge in [0.05, 0.1) is 12.2 Å². The van der Waals surface area contributed by atoms with Crippen molar-refractivity contribution in [3.05, 3.63) is 0 Å². The Bertz CT molecular complexity index is 294. The van der Waals surface area contributed by atoms with Crippen molar-refractivity contribution in [3.8, 4) is 0 Å². The van der Waals surface area contributed by atoms with Gasteiger partial charge in [-0.2, -0.15) is 0 Å². The van der Waals surface area contributed by atoms with E-state index in [1.54, 1.807) is 7.11 Å². The maximum Gasteiger partial charge on any atom is 0.241 e. The molecule has 20 heavy (non-hydrogen) atoms. The third-order valence-electron chi connectivity index (χ3n) is 4.33. The molecule has 0 bridgehead atoms. The molecule has 1 saturated heterocycles. The van der Waals surface area contributed by atoms with Crippen LogP contribution in [0.3, 0.4) is 0 Å². The first-order chi connectivity index (χ1) is 9.52. The van der Waals surface area contributed by atoms with Crippen LogP contribution in [-0.4, -0.2) is 43.3 Å². The SMILES string of the molecule is CCC(C)C1NC(C(C)C)N(CCCCCOC)C1=O. The summed E-state index contributed by atoms with van der Waals surface area (Å²) in [6.07, 6.45) is 4.50. The van der Waals surface area contributed by atoms with Gasteiger partial charge in [0.15, 0.2) is 0 Å². The molecule has 0 aromatic heterocycles. The Morgan fingerprint density at radius 1 is 1.25 bits per heavy atom. The number of ether oxygens (including phenoxy) is 1. The Balaban J connectivity index is 2.54. The summed E-state index contributed by atoms with van der Waals surface area (Å²) in [5.41, 5.74) is 0. The van der Waals surface area contributed by atoms with Crippen molar-refractivity contribution in [1.82, 2.24) is 10.2 Å². The average Bonchev–Trinajstić information content (AvgIpc) is 2.75. The van der Waals surface area contributed by atoms with Crippen LogP contribution in [0.25, 0.3) is 0 Å². The van der Waals surface area contributed by atoms with Gasteiger partial charge in [-0.3, -0.25) is 10.1 Å². The molecule has 1 fully saturated rings. The van der Waals surface area contributed by atoms with Crippen molar-refractivity contribution in [2.75, 3.05) is 20.3 Å². The van der Waals surface area contributed by atoms with Gasteiger partial charge < -0.3 is 9.64 Å². The van der Waals surface area contributed by atoms with E-state index in [1.165, 1.54) is 0 Å². The van der Waals surface area contributed by atoms with Crippen molar-refractivity contribution in [3.63, 3.8) is 0 Å². The minimum absolute atomic E-state index is 0.00590. The minimum Gasteiger partial charge on any atom is -0.385 e. The smallest absolute Gasteiger partial charge is 0.241 e. The minimum atomic E-state index is 0.00590. The average molecular weight is 284 g/mol. The number of methoxy groups -OCH3 is 1. The molecule has 1 amide bonds. The Kier molecular flexibility index (Phi) is 7.52. The molecule has 1 rings (SSSR count). The number of rotatable bonds is 9. The normalized spacial score (nSPS) is 24.7. The molecule has 0 aromatic carbocycles. The molecule has 1 heterocycles. The monoisotopic (exact) mass is 284 g/mol. The van der Waals surface area contributed by atoms with Gasteiger partial charge in [-0.25, -0.2) is 0 Å². The molecule has 1 N–H and O–H groups in total. The molecule has 1 aliphatic heterocycles. The van der Waals surface area contributed by atoms with Gasteiger partial charge in [0.1, 0.15) is 0 Å². The first-order valence-electron chi connectivity index (χ1n) is 8.08. The summed E-state index contributed by atoms with van der Waals surface area (Å²) in [5.74, 6) is 1.15. The number of hydrogen-bond donors (Lipinski definition) is 1. The topological polar surface area (TPSA) is 41.6 Å². The summed E-state index contributed by atoms with van der Waals surface area (Å²) < 4.78 is 5.06. The molecule has 0 aromatic rings. The second-order valence-corrected chi connectivity index (χ2v) is 6.30. The summed E-state index contributed by atoms with van der Waals surface area (Å²) in [6, 6.07) is 0.00590. The van der Waals surface area contributed by atoms with Gasteiger partial charge in [-0.1, -0.05) is 34.1 Å². The van der Waals surface area contributed by atoms with E-state index in [0.717, 1.165) is 38.8 Å². The molecule has 3 unspecified atom stereocenters. The van der Waals surface area contributed by atoms with Crippen LogP contribution in [0.2, 0.25) is 0 Å². The lowest BCUT2D eigenvalue weighted by Crippen LogP contribution is -2.42. The molecular weight excluding hydrogens is 252 g/mol. The molecule has 3 atom stereocenters. The number of nitrogens with zero attached hydrogens (tertiary/aromatic N) is 1. The van der Waals surface area contributed by atoms with E-state index in [9.17, 15) is 4.79 Å². The van der Waals surface area contributed by atoms with E-state index in [4.69, 9.17) is 4.74 Å². The molecule has 0 aliphatic carbocycles. The quantitative estimate of drug-likeness (QED) is 0.662. The highest BCUT2D eigenvalue weighted by Crippen LogP contribution is 2.23. The maximum absolute atomic E-state index is 12.6. The zero-order chi connectivity index (χ0) is 15.1. The number of carbonyl (C=O) groups excluding carboxylic acids is 1. The summed E-state index contributed by atoms with van der Waals surface area (Å²) in [7, 11) is 1.74. The lowest BCUT2D eigenvalue weighted by Gasteiger charge is -2.27. The van der Waals surface area contributed by atoms with E-state index in [0.29, 0.717) is 17.7 Å². The van der Waals surface area contributed by atoms with Gasteiger partial charge in [0.25, 0.3) is 0 Å². The van der Waals surface area contributed by atoms with Crippen LogP contribution in [0.4, 0.5) is 0 Å². The van der Waals surface area contributed by atoms with E-state index in [-0.39, 0.29) is 12.2 Å². The van der Waals surface area contributed by atoms with Crippen LogP contribution < -0.4 is 5.32 Å². The lowest BCUT2D eigenvalue weighted by molar-refractivity contribution is -0.131. The predicted molar refractivity (Wildman–Crippen MR) is 82.4 cm³/mol. The molecule has 4 heteroatoms. The molecule has 0 radical (unpaired) electrons. The Morgan fingerprint density at radius 2 is 1.95 bits per heavy atom. The number of hydrogen-bond acceptors (Lipinski definition) is 3. The fourth-order valence-corrected chi connectivity index (χ4v) is 2.81. The zero-order valence-corrected chi connectivity index (χ0v) is 13.8. The predicted octanol–water partition coefficient (Wildman–Crippen LogP) is 2.63. The third kappa shape index (κ3) is 4.45.